The van der Waals surface area contributed by atoms with Gasteiger partial charge in [0.2, 0.25) is 10.0 Å². The molecule has 1 spiro atoms. The maximum atomic E-state index is 13.7. The molecule has 2 N–H and O–H groups in total. The molecule has 1 saturated carbocycles. The van der Waals surface area contributed by atoms with Gasteiger partial charge in [-0.3, -0.25) is 4.79 Å². The predicted molar refractivity (Wildman–Crippen MR) is 197 cm³/mol. The summed E-state index contributed by atoms with van der Waals surface area (Å²) in [6.07, 6.45) is 12.8. The van der Waals surface area contributed by atoms with Gasteiger partial charge in [0.25, 0.3) is 5.91 Å². The quantitative estimate of drug-likeness (QED) is 0.188. The molecule has 10 heteroatoms. The monoisotopic (exact) mass is 712 g/mol. The third-order valence-corrected chi connectivity index (χ3v) is 13.1. The fraction of sp³-hybridized carbons (Fsp3) is 0.564. The highest BCUT2D eigenvalue weighted by Gasteiger charge is 2.44. The number of methoxy groups -OCH3 is 1. The van der Waals surface area contributed by atoms with E-state index in [4.69, 9.17) is 21.1 Å². The number of nitrogens with one attached hydrogen (secondary N) is 1. The third kappa shape index (κ3) is 8.55. The number of rotatable bonds is 15. The zero-order valence-corrected chi connectivity index (χ0v) is 30.8. The smallest absolute Gasteiger partial charge is 0.264 e. The molecule has 2 aromatic carbocycles. The standard InChI is InChI=1S/C39H53ClN2O6S/c1-5-7-8-12-35(43)32-16-13-30(32)24-42-25-39(20-9-11-28-22-31(40)15-17-33(28)39)26-48-36-18-14-29(23-34(36)42)38(44)41-49(45,46)37(19-21-47-4)27(3)10-6-2/h6,8,12,14-15,17-18,22-23,27,30,32,35,37,43H,2,5,7,9-11,13,16,19-21,24-26H2,1,3-4H3,(H,41,44)/b12-8+/t27-,30+,32+,35+,37-,39+/m1/s1. The van der Waals surface area contributed by atoms with Gasteiger partial charge in [0.05, 0.1) is 23.6 Å². The summed E-state index contributed by atoms with van der Waals surface area (Å²) in [5, 5.41) is 11.0. The van der Waals surface area contributed by atoms with Crippen molar-refractivity contribution in [1.29, 1.82) is 0 Å². The number of carbonyl (C=O) groups is 1. The number of hydrogen-bond donors (Lipinski definition) is 2. The van der Waals surface area contributed by atoms with Crippen LogP contribution < -0.4 is 14.4 Å². The van der Waals surface area contributed by atoms with Crippen molar-refractivity contribution in [2.75, 3.05) is 38.3 Å². The topological polar surface area (TPSA) is 105 Å². The van der Waals surface area contributed by atoms with Gasteiger partial charge in [-0.2, -0.15) is 0 Å². The first-order valence-electron chi connectivity index (χ1n) is 17.8. The first-order chi connectivity index (χ1) is 23.5. The SMILES string of the molecule is C=CC[C@@H](C)[C@@H](CCOC)S(=O)(=O)NC(=O)c1ccc2c(c1)N(C[C@@H]1CC[C@@H]1[C@@H](O)/C=C/CCC)C[C@@]1(CCCc3cc(Cl)ccc31)CO2. The lowest BCUT2D eigenvalue weighted by Gasteiger charge is -2.45. The summed E-state index contributed by atoms with van der Waals surface area (Å²) in [5.74, 6) is 0.136. The molecule has 0 bridgehead atoms. The molecule has 6 atom stereocenters. The van der Waals surface area contributed by atoms with E-state index in [9.17, 15) is 18.3 Å². The molecule has 1 heterocycles. The van der Waals surface area contributed by atoms with Crippen molar-refractivity contribution < 1.29 is 27.8 Å². The number of carbonyl (C=O) groups excluding carboxylic acids is 1. The second-order valence-corrected chi connectivity index (χ2v) is 16.6. The van der Waals surface area contributed by atoms with Crippen molar-refractivity contribution in [2.45, 2.75) is 88.4 Å². The molecule has 49 heavy (non-hydrogen) atoms. The van der Waals surface area contributed by atoms with Gasteiger partial charge >= 0.3 is 0 Å². The number of hydrogen-bond acceptors (Lipinski definition) is 7. The molecular formula is C39H53ClN2O6S. The van der Waals surface area contributed by atoms with Crippen LogP contribution in [0.3, 0.4) is 0 Å². The minimum atomic E-state index is -4.02. The molecule has 1 aliphatic heterocycles. The molecule has 0 radical (unpaired) electrons. The summed E-state index contributed by atoms with van der Waals surface area (Å²) < 4.78 is 41.3. The van der Waals surface area contributed by atoms with Gasteiger partial charge < -0.3 is 19.5 Å². The fourth-order valence-electron chi connectivity index (χ4n) is 8.01. The van der Waals surface area contributed by atoms with Crippen LogP contribution in [0.25, 0.3) is 0 Å². The van der Waals surface area contributed by atoms with E-state index < -0.39 is 27.3 Å². The Labute approximate surface area is 298 Å². The highest BCUT2D eigenvalue weighted by Crippen LogP contribution is 2.46. The lowest BCUT2D eigenvalue weighted by atomic mass is 9.68. The number of allylic oxidation sites excluding steroid dienone is 2. The number of sulfonamides is 1. The predicted octanol–water partition coefficient (Wildman–Crippen LogP) is 7.23. The Hall–Kier alpha value is -2.85. The van der Waals surface area contributed by atoms with Crippen LogP contribution in [-0.4, -0.2) is 64.2 Å². The lowest BCUT2D eigenvalue weighted by molar-refractivity contribution is 0.0456. The zero-order valence-electron chi connectivity index (χ0n) is 29.2. The first-order valence-corrected chi connectivity index (χ1v) is 19.8. The summed E-state index contributed by atoms with van der Waals surface area (Å²) in [6, 6.07) is 11.4. The Morgan fingerprint density at radius 1 is 1.27 bits per heavy atom. The van der Waals surface area contributed by atoms with Crippen molar-refractivity contribution in [3.8, 4) is 5.75 Å². The number of ether oxygens (including phenoxy) is 2. The molecule has 268 valence electrons. The van der Waals surface area contributed by atoms with Gasteiger partial charge in [-0.1, -0.05) is 56.2 Å². The highest BCUT2D eigenvalue weighted by molar-refractivity contribution is 7.90. The number of halogens is 1. The van der Waals surface area contributed by atoms with E-state index in [1.54, 1.807) is 24.3 Å². The molecule has 2 aliphatic carbocycles. The maximum absolute atomic E-state index is 13.7. The largest absolute Gasteiger partial charge is 0.490 e. The van der Waals surface area contributed by atoms with E-state index in [-0.39, 0.29) is 41.8 Å². The van der Waals surface area contributed by atoms with Gasteiger partial charge in [-0.05, 0) is 111 Å². The number of nitrogens with zero attached hydrogens (tertiary/aromatic N) is 1. The second kappa shape index (κ2) is 16.4. The van der Waals surface area contributed by atoms with Crippen LogP contribution in [0.2, 0.25) is 5.02 Å². The van der Waals surface area contributed by atoms with Crippen LogP contribution in [0.1, 0.15) is 86.7 Å². The van der Waals surface area contributed by atoms with Crippen LogP contribution >= 0.6 is 11.6 Å². The van der Waals surface area contributed by atoms with Crippen molar-refractivity contribution >= 4 is 33.2 Å². The minimum absolute atomic E-state index is 0.146. The molecule has 1 fully saturated rings. The summed E-state index contributed by atoms with van der Waals surface area (Å²) >= 11 is 6.43. The average Bonchev–Trinajstić information content (AvgIpc) is 3.20. The Kier molecular flexibility index (Phi) is 12.6. The van der Waals surface area contributed by atoms with E-state index >= 15 is 0 Å². The summed E-state index contributed by atoms with van der Waals surface area (Å²) in [6.45, 7) is 9.83. The Morgan fingerprint density at radius 2 is 2.08 bits per heavy atom. The van der Waals surface area contributed by atoms with Crippen LogP contribution in [0.15, 0.2) is 61.2 Å². The number of aliphatic hydroxyl groups excluding tert-OH is 1. The Morgan fingerprint density at radius 3 is 2.80 bits per heavy atom. The van der Waals surface area contributed by atoms with Gasteiger partial charge in [0.15, 0.2) is 0 Å². The van der Waals surface area contributed by atoms with Crippen LogP contribution in [0.4, 0.5) is 5.69 Å². The van der Waals surface area contributed by atoms with Crippen molar-refractivity contribution in [3.63, 3.8) is 0 Å². The van der Waals surface area contributed by atoms with Gasteiger partial charge in [-0.15, -0.1) is 6.58 Å². The molecular weight excluding hydrogens is 660 g/mol. The fourth-order valence-corrected chi connectivity index (χ4v) is 9.86. The highest BCUT2D eigenvalue weighted by atomic mass is 35.5. The number of unbranched alkanes of at least 4 members (excludes halogenated alkanes) is 1. The van der Waals surface area contributed by atoms with E-state index in [0.29, 0.717) is 31.9 Å². The van der Waals surface area contributed by atoms with Crippen molar-refractivity contribution in [2.24, 2.45) is 17.8 Å². The lowest BCUT2D eigenvalue weighted by Crippen LogP contribution is -2.49. The Bertz CT molecular complexity index is 1610. The molecule has 2 aromatic rings. The van der Waals surface area contributed by atoms with E-state index in [0.717, 1.165) is 55.7 Å². The maximum Gasteiger partial charge on any atom is 0.264 e. The third-order valence-electron chi connectivity index (χ3n) is 10.9. The summed E-state index contributed by atoms with van der Waals surface area (Å²) in [5.41, 5.74) is 3.20. The average molecular weight is 713 g/mol. The van der Waals surface area contributed by atoms with E-state index in [1.807, 2.05) is 19.1 Å². The summed E-state index contributed by atoms with van der Waals surface area (Å²) in [4.78, 5) is 16.0. The first kappa shape index (κ1) is 37.4. The van der Waals surface area contributed by atoms with Gasteiger partial charge in [-0.25, -0.2) is 13.1 Å². The molecule has 3 aliphatic rings. The molecule has 8 nitrogen and oxygen atoms in total. The molecule has 1 amide bonds. The molecule has 5 rings (SSSR count). The van der Waals surface area contributed by atoms with Gasteiger partial charge in [0, 0.05) is 42.8 Å². The number of fused-ring (bicyclic) bond motifs is 3. The number of amides is 1. The van der Waals surface area contributed by atoms with Crippen molar-refractivity contribution in [3.05, 3.63) is 82.9 Å². The van der Waals surface area contributed by atoms with E-state index in [2.05, 4.69) is 41.3 Å². The molecule has 0 saturated heterocycles. The van der Waals surface area contributed by atoms with Crippen molar-refractivity contribution in [1.82, 2.24) is 4.72 Å². The molecule has 0 aromatic heterocycles. The Balaban J connectivity index is 1.47. The van der Waals surface area contributed by atoms with Crippen LogP contribution in [0, 0.1) is 17.8 Å². The minimum Gasteiger partial charge on any atom is -0.490 e. The number of anilines is 1. The molecule has 0 unspecified atom stereocenters. The number of benzene rings is 2. The van der Waals surface area contributed by atoms with Crippen LogP contribution in [0.5, 0.6) is 5.75 Å². The van der Waals surface area contributed by atoms with Crippen LogP contribution in [-0.2, 0) is 26.6 Å². The van der Waals surface area contributed by atoms with Gasteiger partial charge in [0.1, 0.15) is 5.75 Å². The number of aliphatic hydroxyl groups is 1. The normalized spacial score (nSPS) is 23.8. The summed E-state index contributed by atoms with van der Waals surface area (Å²) in [7, 11) is -2.49. The number of aryl methyl sites for hydroxylation is 1. The second-order valence-electron chi connectivity index (χ2n) is 14.3. The van der Waals surface area contributed by atoms with E-state index in [1.165, 1.54) is 18.2 Å². The zero-order chi connectivity index (χ0) is 35.2.